The zero-order valence-corrected chi connectivity index (χ0v) is 20.3. The maximum Gasteiger partial charge on any atom is 0.262 e. The Kier molecular flexibility index (Phi) is 7.84. The quantitative estimate of drug-likeness (QED) is 0.455. The lowest BCUT2D eigenvalue weighted by molar-refractivity contribution is -0.129. The Bertz CT molecular complexity index is 1310. The van der Waals surface area contributed by atoms with Crippen LogP contribution in [-0.4, -0.2) is 44.8 Å². The number of benzene rings is 3. The van der Waals surface area contributed by atoms with Crippen molar-refractivity contribution in [3.63, 3.8) is 0 Å². The number of hydrogen-bond donors (Lipinski definition) is 2. The molecule has 0 spiro atoms. The van der Waals surface area contributed by atoms with Gasteiger partial charge in [0, 0.05) is 24.5 Å². The highest BCUT2D eigenvalue weighted by atomic mass is 32.2. The van der Waals surface area contributed by atoms with E-state index in [9.17, 15) is 22.4 Å². The Balaban J connectivity index is 1.25. The maximum absolute atomic E-state index is 13.0. The van der Waals surface area contributed by atoms with Crippen LogP contribution < -0.4 is 14.8 Å². The van der Waals surface area contributed by atoms with Crippen LogP contribution in [0.2, 0.25) is 0 Å². The lowest BCUT2D eigenvalue weighted by Crippen LogP contribution is -2.29. The van der Waals surface area contributed by atoms with Crippen molar-refractivity contribution in [2.45, 2.75) is 24.2 Å². The summed E-state index contributed by atoms with van der Waals surface area (Å²) >= 11 is 0. The second-order valence-electron chi connectivity index (χ2n) is 8.38. The second kappa shape index (κ2) is 11.2. The first-order valence-electron chi connectivity index (χ1n) is 11.5. The molecule has 0 radical (unpaired) electrons. The number of likely N-dealkylation sites (tertiary alicyclic amines) is 1. The Labute approximate surface area is 209 Å². The van der Waals surface area contributed by atoms with Crippen molar-refractivity contribution in [2.75, 3.05) is 29.7 Å². The topological polar surface area (TPSA) is 105 Å². The van der Waals surface area contributed by atoms with Gasteiger partial charge >= 0.3 is 0 Å². The molecule has 10 heteroatoms. The third kappa shape index (κ3) is 6.82. The smallest absolute Gasteiger partial charge is 0.262 e. The zero-order chi connectivity index (χ0) is 25.5. The van der Waals surface area contributed by atoms with Crippen LogP contribution >= 0.6 is 0 Å². The molecule has 2 amide bonds. The summed E-state index contributed by atoms with van der Waals surface area (Å²) in [5.74, 6) is -0.417. The van der Waals surface area contributed by atoms with Gasteiger partial charge in [0.05, 0.1) is 11.3 Å². The van der Waals surface area contributed by atoms with E-state index in [1.165, 1.54) is 36.4 Å². The Hall–Kier alpha value is -3.92. The highest BCUT2D eigenvalue weighted by Gasteiger charge is 2.18. The van der Waals surface area contributed by atoms with E-state index < -0.39 is 15.8 Å². The summed E-state index contributed by atoms with van der Waals surface area (Å²) < 4.78 is 45.8. The highest BCUT2D eigenvalue weighted by Crippen LogP contribution is 2.20. The van der Waals surface area contributed by atoms with Crippen LogP contribution in [0.5, 0.6) is 5.75 Å². The van der Waals surface area contributed by atoms with E-state index in [4.69, 9.17) is 4.74 Å². The first kappa shape index (κ1) is 25.2. The molecule has 0 aromatic heterocycles. The molecule has 1 fully saturated rings. The van der Waals surface area contributed by atoms with Gasteiger partial charge in [-0.2, -0.15) is 0 Å². The third-order valence-electron chi connectivity index (χ3n) is 5.65. The predicted molar refractivity (Wildman–Crippen MR) is 134 cm³/mol. The van der Waals surface area contributed by atoms with Gasteiger partial charge in [-0.05, 0) is 79.1 Å². The van der Waals surface area contributed by atoms with Crippen molar-refractivity contribution < 1.29 is 27.1 Å². The standard InChI is InChI=1S/C26H26FN3O5S/c27-20-5-9-22(10-6-20)29-36(33,34)24-13-11-23(12-14-24)35-18-25(31)28-21-7-3-19(4-8-21)17-26(32)30-15-1-2-16-30/h3-14,29H,1-2,15-18H2,(H,28,31). The predicted octanol–water partition coefficient (Wildman–Crippen LogP) is 3.81. The molecule has 0 atom stereocenters. The van der Waals surface area contributed by atoms with Crippen molar-refractivity contribution in [1.82, 2.24) is 4.90 Å². The first-order valence-corrected chi connectivity index (χ1v) is 12.9. The molecule has 0 aliphatic carbocycles. The normalized spacial score (nSPS) is 13.3. The van der Waals surface area contributed by atoms with Gasteiger partial charge in [-0.25, -0.2) is 12.8 Å². The summed E-state index contributed by atoms with van der Waals surface area (Å²) in [6.07, 6.45) is 2.44. The average Bonchev–Trinajstić information content (AvgIpc) is 3.41. The van der Waals surface area contributed by atoms with Gasteiger partial charge in [0.25, 0.3) is 15.9 Å². The fourth-order valence-electron chi connectivity index (χ4n) is 3.75. The van der Waals surface area contributed by atoms with Gasteiger partial charge in [0.2, 0.25) is 5.91 Å². The molecule has 2 N–H and O–H groups in total. The van der Waals surface area contributed by atoms with Crippen LogP contribution in [0.25, 0.3) is 0 Å². The molecular weight excluding hydrogens is 485 g/mol. The molecule has 36 heavy (non-hydrogen) atoms. The molecule has 0 saturated carbocycles. The van der Waals surface area contributed by atoms with E-state index in [2.05, 4.69) is 10.0 Å². The van der Waals surface area contributed by atoms with E-state index in [0.29, 0.717) is 17.9 Å². The van der Waals surface area contributed by atoms with Crippen LogP contribution in [0.4, 0.5) is 15.8 Å². The van der Waals surface area contributed by atoms with Gasteiger partial charge in [-0.3, -0.25) is 14.3 Å². The number of sulfonamides is 1. The molecule has 0 unspecified atom stereocenters. The summed E-state index contributed by atoms with van der Waals surface area (Å²) in [6, 6.07) is 17.6. The van der Waals surface area contributed by atoms with Crippen LogP contribution in [-0.2, 0) is 26.0 Å². The zero-order valence-electron chi connectivity index (χ0n) is 19.4. The van der Waals surface area contributed by atoms with Crippen LogP contribution in [0.1, 0.15) is 18.4 Å². The SMILES string of the molecule is O=C(COc1ccc(S(=O)(=O)Nc2ccc(F)cc2)cc1)Nc1ccc(CC(=O)N2CCCC2)cc1. The third-order valence-corrected chi connectivity index (χ3v) is 7.05. The summed E-state index contributed by atoms with van der Waals surface area (Å²) in [4.78, 5) is 26.4. The summed E-state index contributed by atoms with van der Waals surface area (Å²) in [7, 11) is -3.86. The molecule has 3 aromatic rings. The van der Waals surface area contributed by atoms with Crippen LogP contribution in [0.15, 0.2) is 77.7 Å². The minimum atomic E-state index is -3.86. The molecular formula is C26H26FN3O5S. The lowest BCUT2D eigenvalue weighted by atomic mass is 10.1. The van der Waals surface area contributed by atoms with Crippen LogP contribution in [0.3, 0.4) is 0 Å². The number of carbonyl (C=O) groups excluding carboxylic acids is 2. The first-order chi connectivity index (χ1) is 17.3. The summed E-state index contributed by atoms with van der Waals surface area (Å²) in [6.45, 7) is 1.37. The lowest BCUT2D eigenvalue weighted by Gasteiger charge is -2.15. The molecule has 1 aliphatic rings. The van der Waals surface area contributed by atoms with Crippen molar-refractivity contribution in [1.29, 1.82) is 0 Å². The van der Waals surface area contributed by atoms with E-state index in [0.717, 1.165) is 43.6 Å². The number of hydrogen-bond acceptors (Lipinski definition) is 5. The molecule has 0 bridgehead atoms. The van der Waals surface area contributed by atoms with Crippen molar-refractivity contribution in [2.24, 2.45) is 0 Å². The van der Waals surface area contributed by atoms with E-state index in [-0.39, 0.29) is 29.0 Å². The number of amides is 2. The number of nitrogens with zero attached hydrogens (tertiary/aromatic N) is 1. The molecule has 3 aromatic carbocycles. The maximum atomic E-state index is 13.0. The average molecular weight is 512 g/mol. The number of nitrogens with one attached hydrogen (secondary N) is 2. The van der Waals surface area contributed by atoms with Gasteiger partial charge < -0.3 is 15.0 Å². The molecule has 1 aliphatic heterocycles. The number of rotatable bonds is 9. The monoisotopic (exact) mass is 511 g/mol. The fraction of sp³-hybridized carbons (Fsp3) is 0.231. The van der Waals surface area contributed by atoms with Crippen molar-refractivity contribution >= 4 is 33.2 Å². The van der Waals surface area contributed by atoms with Crippen LogP contribution in [0, 0.1) is 5.82 Å². The Morgan fingerprint density at radius 3 is 2.11 bits per heavy atom. The molecule has 4 rings (SSSR count). The van der Waals surface area contributed by atoms with E-state index >= 15 is 0 Å². The van der Waals surface area contributed by atoms with Gasteiger partial charge in [0.15, 0.2) is 6.61 Å². The second-order valence-corrected chi connectivity index (χ2v) is 10.1. The van der Waals surface area contributed by atoms with E-state index in [1.54, 1.807) is 12.1 Å². The number of carbonyl (C=O) groups is 2. The Morgan fingerprint density at radius 2 is 1.47 bits per heavy atom. The Morgan fingerprint density at radius 1 is 0.861 bits per heavy atom. The molecule has 1 heterocycles. The van der Waals surface area contributed by atoms with Crippen molar-refractivity contribution in [3.05, 3.63) is 84.2 Å². The minimum absolute atomic E-state index is 0.00747. The van der Waals surface area contributed by atoms with Gasteiger partial charge in [-0.1, -0.05) is 12.1 Å². The number of ether oxygens (including phenoxy) is 1. The molecule has 1 saturated heterocycles. The molecule has 188 valence electrons. The van der Waals surface area contributed by atoms with Gasteiger partial charge in [0.1, 0.15) is 11.6 Å². The molecule has 8 nitrogen and oxygen atoms in total. The highest BCUT2D eigenvalue weighted by molar-refractivity contribution is 7.92. The van der Waals surface area contributed by atoms with E-state index in [1.807, 2.05) is 17.0 Å². The number of anilines is 2. The largest absolute Gasteiger partial charge is 0.484 e. The fourth-order valence-corrected chi connectivity index (χ4v) is 4.81. The number of halogens is 1. The van der Waals surface area contributed by atoms with Gasteiger partial charge in [-0.15, -0.1) is 0 Å². The van der Waals surface area contributed by atoms with Crippen molar-refractivity contribution in [3.8, 4) is 5.75 Å². The minimum Gasteiger partial charge on any atom is -0.484 e. The summed E-state index contributed by atoms with van der Waals surface area (Å²) in [5.41, 5.74) is 1.69. The summed E-state index contributed by atoms with van der Waals surface area (Å²) in [5, 5.41) is 2.72.